The predicted octanol–water partition coefficient (Wildman–Crippen LogP) is 3.85. The number of carbonyl (C=O) groups is 3. The number of esters is 2. The van der Waals surface area contributed by atoms with E-state index in [1.54, 1.807) is 24.3 Å². The van der Waals surface area contributed by atoms with Crippen molar-refractivity contribution in [1.82, 2.24) is 0 Å². The van der Waals surface area contributed by atoms with E-state index in [1.807, 2.05) is 6.92 Å². The standard InChI is InChI=1S/C21H22O7/c1-2-26-16-9-7-15(8-10-16)21(25)28-18-13-11-17(12-14-18)27-20(24)6-4-3-5-19(22)23/h7-14H,2-6H2,1H3,(H,22,23). The van der Waals surface area contributed by atoms with Gasteiger partial charge in [-0.1, -0.05) is 0 Å². The van der Waals surface area contributed by atoms with Crippen LogP contribution in [0, 0.1) is 0 Å². The fourth-order valence-electron chi connectivity index (χ4n) is 2.32. The third-order valence-corrected chi connectivity index (χ3v) is 3.69. The molecule has 2 aromatic carbocycles. The van der Waals surface area contributed by atoms with Crippen LogP contribution in [0.2, 0.25) is 0 Å². The third kappa shape index (κ3) is 7.11. The maximum absolute atomic E-state index is 12.2. The molecular weight excluding hydrogens is 364 g/mol. The number of hydrogen-bond acceptors (Lipinski definition) is 6. The first kappa shape index (κ1) is 21.0. The molecule has 0 radical (unpaired) electrons. The quantitative estimate of drug-likeness (QED) is 0.376. The molecule has 7 heteroatoms. The van der Waals surface area contributed by atoms with E-state index in [0.717, 1.165) is 0 Å². The summed E-state index contributed by atoms with van der Waals surface area (Å²) in [7, 11) is 0. The highest BCUT2D eigenvalue weighted by atomic mass is 16.5. The Hall–Kier alpha value is -3.35. The zero-order valence-electron chi connectivity index (χ0n) is 15.6. The predicted molar refractivity (Wildman–Crippen MR) is 101 cm³/mol. The van der Waals surface area contributed by atoms with Crippen molar-refractivity contribution in [2.45, 2.75) is 32.6 Å². The molecule has 0 spiro atoms. The van der Waals surface area contributed by atoms with E-state index in [0.29, 0.717) is 42.3 Å². The Morgan fingerprint density at radius 1 is 0.786 bits per heavy atom. The molecule has 0 amide bonds. The van der Waals surface area contributed by atoms with Crippen LogP contribution in [0.15, 0.2) is 48.5 Å². The number of hydrogen-bond donors (Lipinski definition) is 1. The van der Waals surface area contributed by atoms with Gasteiger partial charge in [-0.25, -0.2) is 4.79 Å². The Morgan fingerprint density at radius 3 is 1.89 bits per heavy atom. The van der Waals surface area contributed by atoms with Crippen LogP contribution in [-0.4, -0.2) is 29.6 Å². The van der Waals surface area contributed by atoms with E-state index < -0.39 is 17.9 Å². The molecule has 2 aromatic rings. The van der Waals surface area contributed by atoms with Crippen molar-refractivity contribution in [1.29, 1.82) is 0 Å². The Bertz CT molecular complexity index is 795. The second kappa shape index (κ2) is 10.7. The Morgan fingerprint density at radius 2 is 1.32 bits per heavy atom. The van der Waals surface area contributed by atoms with E-state index in [4.69, 9.17) is 19.3 Å². The van der Waals surface area contributed by atoms with Gasteiger partial charge >= 0.3 is 17.9 Å². The van der Waals surface area contributed by atoms with E-state index in [2.05, 4.69) is 0 Å². The molecule has 0 atom stereocenters. The summed E-state index contributed by atoms with van der Waals surface area (Å²) in [5.41, 5.74) is 0.389. The molecule has 0 saturated carbocycles. The Balaban J connectivity index is 1.82. The van der Waals surface area contributed by atoms with Crippen molar-refractivity contribution in [3.8, 4) is 17.2 Å². The first-order chi connectivity index (χ1) is 13.5. The molecule has 28 heavy (non-hydrogen) atoms. The van der Waals surface area contributed by atoms with Gasteiger partial charge in [0.15, 0.2) is 0 Å². The van der Waals surface area contributed by atoms with Crippen LogP contribution in [0.25, 0.3) is 0 Å². The maximum atomic E-state index is 12.2. The molecule has 0 aliphatic rings. The monoisotopic (exact) mass is 386 g/mol. The average Bonchev–Trinajstić information content (AvgIpc) is 2.67. The summed E-state index contributed by atoms with van der Waals surface area (Å²) in [5.74, 6) is -0.517. The summed E-state index contributed by atoms with van der Waals surface area (Å²) in [6, 6.07) is 12.7. The number of carboxylic acid groups (broad SMARTS) is 1. The SMILES string of the molecule is CCOc1ccc(C(=O)Oc2ccc(OC(=O)CCCCC(=O)O)cc2)cc1. The minimum Gasteiger partial charge on any atom is -0.494 e. The van der Waals surface area contributed by atoms with Gasteiger partial charge in [0.2, 0.25) is 0 Å². The molecular formula is C21H22O7. The highest BCUT2D eigenvalue weighted by Gasteiger charge is 2.10. The maximum Gasteiger partial charge on any atom is 0.343 e. The number of aliphatic carboxylic acids is 1. The fraction of sp³-hybridized carbons (Fsp3) is 0.286. The number of ether oxygens (including phenoxy) is 3. The molecule has 0 aliphatic carbocycles. The topological polar surface area (TPSA) is 99.1 Å². The second-order valence-corrected chi connectivity index (χ2v) is 5.89. The van der Waals surface area contributed by atoms with E-state index in [-0.39, 0.29) is 12.8 Å². The first-order valence-electron chi connectivity index (χ1n) is 8.95. The summed E-state index contributed by atoms with van der Waals surface area (Å²) in [6.07, 6.45) is 1.04. The van der Waals surface area contributed by atoms with Crippen molar-refractivity contribution in [2.75, 3.05) is 6.61 Å². The lowest BCUT2D eigenvalue weighted by molar-refractivity contribution is -0.138. The molecule has 0 bridgehead atoms. The third-order valence-electron chi connectivity index (χ3n) is 3.69. The summed E-state index contributed by atoms with van der Waals surface area (Å²) >= 11 is 0. The second-order valence-electron chi connectivity index (χ2n) is 5.89. The minimum atomic E-state index is -0.885. The molecule has 148 valence electrons. The Kier molecular flexibility index (Phi) is 8.02. The van der Waals surface area contributed by atoms with Crippen LogP contribution in [0.4, 0.5) is 0 Å². The fourth-order valence-corrected chi connectivity index (χ4v) is 2.32. The van der Waals surface area contributed by atoms with Crippen LogP contribution in [0.1, 0.15) is 43.0 Å². The lowest BCUT2D eigenvalue weighted by Gasteiger charge is -2.07. The van der Waals surface area contributed by atoms with Gasteiger partial charge < -0.3 is 19.3 Å². The molecule has 7 nitrogen and oxygen atoms in total. The van der Waals surface area contributed by atoms with E-state index in [1.165, 1.54) is 24.3 Å². The first-order valence-corrected chi connectivity index (χ1v) is 8.95. The van der Waals surface area contributed by atoms with E-state index >= 15 is 0 Å². The van der Waals surface area contributed by atoms with E-state index in [9.17, 15) is 14.4 Å². The van der Waals surface area contributed by atoms with Crippen molar-refractivity contribution >= 4 is 17.9 Å². The summed E-state index contributed by atoms with van der Waals surface area (Å²) in [4.78, 5) is 34.3. The van der Waals surface area contributed by atoms with Gasteiger partial charge in [0.05, 0.1) is 12.2 Å². The van der Waals surface area contributed by atoms with Crippen LogP contribution in [0.3, 0.4) is 0 Å². The van der Waals surface area contributed by atoms with Crippen LogP contribution in [-0.2, 0) is 9.59 Å². The molecule has 0 unspecified atom stereocenters. The van der Waals surface area contributed by atoms with Gasteiger partial charge in [-0.2, -0.15) is 0 Å². The van der Waals surface area contributed by atoms with Gasteiger partial charge in [-0.05, 0) is 68.3 Å². The number of unbranched alkanes of at least 4 members (excludes halogenated alkanes) is 1. The number of carbonyl (C=O) groups excluding carboxylic acids is 2. The van der Waals surface area contributed by atoms with Gasteiger partial charge in [0.1, 0.15) is 17.2 Å². The smallest absolute Gasteiger partial charge is 0.343 e. The number of carboxylic acids is 1. The molecule has 0 aromatic heterocycles. The van der Waals surface area contributed by atoms with Crippen molar-refractivity contribution in [3.63, 3.8) is 0 Å². The summed E-state index contributed by atoms with van der Waals surface area (Å²) in [5, 5.41) is 8.55. The van der Waals surface area contributed by atoms with Crippen LogP contribution in [0.5, 0.6) is 17.2 Å². The van der Waals surface area contributed by atoms with Crippen LogP contribution < -0.4 is 14.2 Å². The van der Waals surface area contributed by atoms with Crippen molar-refractivity contribution in [2.24, 2.45) is 0 Å². The van der Waals surface area contributed by atoms with Gasteiger partial charge in [0.25, 0.3) is 0 Å². The Labute approximate surface area is 162 Å². The normalized spacial score (nSPS) is 10.2. The molecule has 0 aliphatic heterocycles. The zero-order chi connectivity index (χ0) is 20.4. The van der Waals surface area contributed by atoms with Gasteiger partial charge in [-0.15, -0.1) is 0 Å². The number of benzene rings is 2. The highest BCUT2D eigenvalue weighted by molar-refractivity contribution is 5.91. The molecule has 1 N–H and O–H groups in total. The summed E-state index contributed by atoms with van der Waals surface area (Å²) in [6.45, 7) is 2.42. The van der Waals surface area contributed by atoms with Gasteiger partial charge in [-0.3, -0.25) is 9.59 Å². The van der Waals surface area contributed by atoms with Gasteiger partial charge in [0, 0.05) is 12.8 Å². The molecule has 2 rings (SSSR count). The van der Waals surface area contributed by atoms with Crippen LogP contribution >= 0.6 is 0 Å². The molecule has 0 fully saturated rings. The molecule has 0 heterocycles. The highest BCUT2D eigenvalue weighted by Crippen LogP contribution is 2.20. The minimum absolute atomic E-state index is 0.0295. The lowest BCUT2D eigenvalue weighted by Crippen LogP contribution is -2.09. The average molecular weight is 386 g/mol. The van der Waals surface area contributed by atoms with Crippen molar-refractivity contribution in [3.05, 3.63) is 54.1 Å². The number of rotatable bonds is 10. The van der Waals surface area contributed by atoms with Crippen molar-refractivity contribution < 1.29 is 33.7 Å². The largest absolute Gasteiger partial charge is 0.494 e. The zero-order valence-corrected chi connectivity index (χ0v) is 15.6. The molecule has 0 saturated heterocycles. The summed E-state index contributed by atoms with van der Waals surface area (Å²) < 4.78 is 15.8. The lowest BCUT2D eigenvalue weighted by atomic mass is 10.2.